The summed E-state index contributed by atoms with van der Waals surface area (Å²) in [7, 11) is 0. The van der Waals surface area contributed by atoms with Crippen molar-refractivity contribution in [1.29, 1.82) is 0 Å². The molecular weight excluding hydrogens is 198 g/mol. The lowest BCUT2D eigenvalue weighted by Gasteiger charge is -2.38. The fourth-order valence-corrected chi connectivity index (χ4v) is 2.72. The molecule has 16 heavy (non-hydrogen) atoms. The van der Waals surface area contributed by atoms with E-state index in [1.807, 2.05) is 13.8 Å². The van der Waals surface area contributed by atoms with Crippen LogP contribution >= 0.6 is 0 Å². The molecule has 0 saturated heterocycles. The smallest absolute Gasteiger partial charge is 0.222 e. The molecule has 1 aliphatic carbocycles. The average molecular weight is 225 g/mol. The van der Waals surface area contributed by atoms with E-state index in [1.54, 1.807) is 0 Å². The summed E-state index contributed by atoms with van der Waals surface area (Å²) in [6.07, 6.45) is 3.74. The van der Waals surface area contributed by atoms with Gasteiger partial charge in [-0.1, -0.05) is 41.0 Å². The third-order valence-corrected chi connectivity index (χ3v) is 3.87. The standard InChI is InChI=1S/C14H27NO/c1-9(2)12-7-6-11(5)8-13(12)15-14(16)10(3)4/h9-13H,6-8H2,1-5H3,(H,15,16). The van der Waals surface area contributed by atoms with Gasteiger partial charge in [0.25, 0.3) is 0 Å². The highest BCUT2D eigenvalue weighted by molar-refractivity contribution is 5.78. The van der Waals surface area contributed by atoms with Crippen LogP contribution in [0.4, 0.5) is 0 Å². The molecule has 3 atom stereocenters. The summed E-state index contributed by atoms with van der Waals surface area (Å²) >= 11 is 0. The zero-order valence-electron chi connectivity index (χ0n) is 11.4. The molecule has 0 spiro atoms. The summed E-state index contributed by atoms with van der Waals surface area (Å²) in [5, 5.41) is 3.24. The molecule has 1 aliphatic rings. The molecule has 1 saturated carbocycles. The Morgan fingerprint density at radius 1 is 1.19 bits per heavy atom. The van der Waals surface area contributed by atoms with E-state index in [2.05, 4.69) is 26.1 Å². The highest BCUT2D eigenvalue weighted by atomic mass is 16.1. The van der Waals surface area contributed by atoms with Crippen molar-refractivity contribution < 1.29 is 4.79 Å². The van der Waals surface area contributed by atoms with Crippen molar-refractivity contribution in [3.63, 3.8) is 0 Å². The summed E-state index contributed by atoms with van der Waals surface area (Å²) < 4.78 is 0. The van der Waals surface area contributed by atoms with Gasteiger partial charge >= 0.3 is 0 Å². The summed E-state index contributed by atoms with van der Waals surface area (Å²) in [6.45, 7) is 10.8. The van der Waals surface area contributed by atoms with E-state index in [1.165, 1.54) is 12.8 Å². The van der Waals surface area contributed by atoms with E-state index < -0.39 is 0 Å². The van der Waals surface area contributed by atoms with Gasteiger partial charge in [-0.15, -0.1) is 0 Å². The quantitative estimate of drug-likeness (QED) is 0.785. The summed E-state index contributed by atoms with van der Waals surface area (Å²) in [6, 6.07) is 0.402. The van der Waals surface area contributed by atoms with Crippen LogP contribution in [0, 0.1) is 23.7 Å². The SMILES string of the molecule is CC1CCC(C(C)C)C(NC(=O)C(C)C)C1. The Morgan fingerprint density at radius 2 is 1.81 bits per heavy atom. The minimum atomic E-state index is 0.102. The predicted molar refractivity (Wildman–Crippen MR) is 68.1 cm³/mol. The Labute approximate surface area is 100 Å². The van der Waals surface area contributed by atoms with Crippen LogP contribution in [0.1, 0.15) is 53.9 Å². The molecule has 1 N–H and O–H groups in total. The van der Waals surface area contributed by atoms with Gasteiger partial charge in [0.15, 0.2) is 0 Å². The van der Waals surface area contributed by atoms with E-state index in [4.69, 9.17) is 0 Å². The molecule has 2 nitrogen and oxygen atoms in total. The molecule has 0 aromatic heterocycles. The molecule has 0 radical (unpaired) electrons. The van der Waals surface area contributed by atoms with Crippen molar-refractivity contribution >= 4 is 5.91 Å². The maximum Gasteiger partial charge on any atom is 0.222 e. The van der Waals surface area contributed by atoms with Crippen LogP contribution in [0.15, 0.2) is 0 Å². The van der Waals surface area contributed by atoms with Gasteiger partial charge in [-0.05, 0) is 30.6 Å². The van der Waals surface area contributed by atoms with Gasteiger partial charge < -0.3 is 5.32 Å². The van der Waals surface area contributed by atoms with Crippen molar-refractivity contribution in [2.75, 3.05) is 0 Å². The lowest BCUT2D eigenvalue weighted by Crippen LogP contribution is -2.46. The van der Waals surface area contributed by atoms with E-state index in [9.17, 15) is 4.79 Å². The van der Waals surface area contributed by atoms with E-state index in [0.29, 0.717) is 17.9 Å². The van der Waals surface area contributed by atoms with Gasteiger partial charge in [-0.25, -0.2) is 0 Å². The van der Waals surface area contributed by atoms with Crippen LogP contribution in [0.25, 0.3) is 0 Å². The number of hydrogen-bond donors (Lipinski definition) is 1. The predicted octanol–water partition coefficient (Wildman–Crippen LogP) is 3.22. The largest absolute Gasteiger partial charge is 0.353 e. The second-order valence-electron chi connectivity index (χ2n) is 6.10. The number of hydrogen-bond acceptors (Lipinski definition) is 1. The number of carbonyl (C=O) groups excluding carboxylic acids is 1. The molecule has 2 heteroatoms. The highest BCUT2D eigenvalue weighted by Crippen LogP contribution is 2.33. The van der Waals surface area contributed by atoms with Crippen molar-refractivity contribution in [2.45, 2.75) is 59.9 Å². The van der Waals surface area contributed by atoms with E-state index >= 15 is 0 Å². The normalized spacial score (nSPS) is 30.8. The molecule has 1 fully saturated rings. The van der Waals surface area contributed by atoms with Crippen molar-refractivity contribution in [3.8, 4) is 0 Å². The molecule has 0 heterocycles. The third-order valence-electron chi connectivity index (χ3n) is 3.87. The van der Waals surface area contributed by atoms with E-state index in [-0.39, 0.29) is 11.8 Å². The van der Waals surface area contributed by atoms with Gasteiger partial charge in [-0.3, -0.25) is 4.79 Å². The maximum atomic E-state index is 11.8. The first-order valence-corrected chi connectivity index (χ1v) is 6.72. The first-order valence-electron chi connectivity index (χ1n) is 6.72. The molecule has 94 valence electrons. The molecule has 3 unspecified atom stereocenters. The Hall–Kier alpha value is -0.530. The summed E-state index contributed by atoms with van der Waals surface area (Å²) in [4.78, 5) is 11.8. The summed E-state index contributed by atoms with van der Waals surface area (Å²) in [5.41, 5.74) is 0. The first-order chi connectivity index (χ1) is 7.41. The van der Waals surface area contributed by atoms with Crippen LogP contribution in [0.5, 0.6) is 0 Å². The van der Waals surface area contributed by atoms with Crippen LogP contribution in [-0.2, 0) is 4.79 Å². The molecule has 0 aromatic carbocycles. The fourth-order valence-electron chi connectivity index (χ4n) is 2.72. The van der Waals surface area contributed by atoms with Gasteiger partial charge in [0.2, 0.25) is 5.91 Å². The number of nitrogens with one attached hydrogen (secondary N) is 1. The summed E-state index contributed by atoms with van der Waals surface area (Å²) in [5.74, 6) is 2.41. The van der Waals surface area contributed by atoms with Crippen molar-refractivity contribution in [2.24, 2.45) is 23.7 Å². The maximum absolute atomic E-state index is 11.8. The third kappa shape index (κ3) is 3.50. The molecular formula is C14H27NO. The van der Waals surface area contributed by atoms with E-state index in [0.717, 1.165) is 12.3 Å². The van der Waals surface area contributed by atoms with Gasteiger partial charge in [-0.2, -0.15) is 0 Å². The Balaban J connectivity index is 2.61. The monoisotopic (exact) mass is 225 g/mol. The van der Waals surface area contributed by atoms with Crippen LogP contribution < -0.4 is 5.32 Å². The number of rotatable bonds is 3. The topological polar surface area (TPSA) is 29.1 Å². The molecule has 1 amide bonds. The molecule has 0 aliphatic heterocycles. The average Bonchev–Trinajstić information content (AvgIpc) is 2.16. The molecule has 1 rings (SSSR count). The van der Waals surface area contributed by atoms with Crippen molar-refractivity contribution in [3.05, 3.63) is 0 Å². The number of carbonyl (C=O) groups is 1. The van der Waals surface area contributed by atoms with Crippen molar-refractivity contribution in [1.82, 2.24) is 5.32 Å². The number of amides is 1. The minimum absolute atomic E-state index is 0.102. The lowest BCUT2D eigenvalue weighted by molar-refractivity contribution is -0.125. The van der Waals surface area contributed by atoms with Crippen LogP contribution in [0.3, 0.4) is 0 Å². The minimum Gasteiger partial charge on any atom is -0.353 e. The Morgan fingerprint density at radius 3 is 2.31 bits per heavy atom. The van der Waals surface area contributed by atoms with Crippen LogP contribution in [0.2, 0.25) is 0 Å². The van der Waals surface area contributed by atoms with Gasteiger partial charge in [0.05, 0.1) is 0 Å². The Kier molecular flexibility index (Phi) is 4.82. The zero-order valence-corrected chi connectivity index (χ0v) is 11.4. The van der Waals surface area contributed by atoms with Gasteiger partial charge in [0, 0.05) is 12.0 Å². The Bertz CT molecular complexity index is 235. The lowest BCUT2D eigenvalue weighted by atomic mass is 9.74. The molecule has 0 aromatic rings. The fraction of sp³-hybridized carbons (Fsp3) is 0.929. The first kappa shape index (κ1) is 13.5. The van der Waals surface area contributed by atoms with Crippen LogP contribution in [-0.4, -0.2) is 11.9 Å². The second-order valence-corrected chi connectivity index (χ2v) is 6.10. The second kappa shape index (κ2) is 5.70. The zero-order chi connectivity index (χ0) is 12.3. The highest BCUT2D eigenvalue weighted by Gasteiger charge is 2.31. The molecule has 0 bridgehead atoms. The van der Waals surface area contributed by atoms with Gasteiger partial charge in [0.1, 0.15) is 0 Å².